The molecule has 0 radical (unpaired) electrons. The Labute approximate surface area is 519 Å². The van der Waals surface area contributed by atoms with Crippen LogP contribution in [0, 0.1) is 0 Å². The van der Waals surface area contributed by atoms with Crippen molar-refractivity contribution in [1.82, 2.24) is 0 Å². The summed E-state index contributed by atoms with van der Waals surface area (Å²) >= 11 is 0. The molecule has 1 heterocycles. The first-order chi connectivity index (χ1) is 43.1. The lowest BCUT2D eigenvalue weighted by Gasteiger charge is -2.46. The molecule has 0 unspecified atom stereocenters. The number of aromatic nitrogens is 1. The minimum absolute atomic E-state index is 0.691. The van der Waals surface area contributed by atoms with Crippen LogP contribution in [-0.4, -0.2) is 12.8 Å². The first-order valence-electron chi connectivity index (χ1n) is 29.6. The van der Waals surface area contributed by atoms with Crippen LogP contribution < -0.4 is 31.2 Å². The highest BCUT2D eigenvalue weighted by atomic mass is 19.4. The molecule has 0 saturated heterocycles. The zero-order valence-corrected chi connectivity index (χ0v) is 49.5. The van der Waals surface area contributed by atoms with Crippen LogP contribution in [0.3, 0.4) is 0 Å². The fourth-order valence-corrected chi connectivity index (χ4v) is 11.2. The Kier molecular flexibility index (Phi) is 24.6. The van der Waals surface area contributed by atoms with Crippen molar-refractivity contribution in [3.05, 3.63) is 190 Å². The third-order valence-corrected chi connectivity index (χ3v) is 15.8. The molecule has 2 nitrogen and oxygen atoms in total. The molecule has 7 aromatic rings. The number of benzene rings is 6. The molecule has 6 aromatic carbocycles. The second kappa shape index (κ2) is 30.5. The van der Waals surface area contributed by atoms with E-state index in [0.29, 0.717) is 0 Å². The molecule has 0 aliphatic heterocycles. The maximum Gasteiger partial charge on any atom is 0.416 e. The molecular formula is C66H62BF24NO. The summed E-state index contributed by atoms with van der Waals surface area (Å²) in [5.74, 6) is 0.989. The van der Waals surface area contributed by atoms with Crippen LogP contribution >= 0.6 is 0 Å². The van der Waals surface area contributed by atoms with Gasteiger partial charge in [-0.05, 0) is 67.1 Å². The van der Waals surface area contributed by atoms with Crippen LogP contribution in [0.1, 0.15) is 160 Å². The van der Waals surface area contributed by atoms with Crippen molar-refractivity contribution in [2.24, 2.45) is 0 Å². The average Bonchev–Trinajstić information content (AvgIpc) is 0.711. The summed E-state index contributed by atoms with van der Waals surface area (Å²) < 4.78 is 349. The van der Waals surface area contributed by atoms with Gasteiger partial charge in [-0.2, -0.15) is 132 Å². The van der Waals surface area contributed by atoms with Gasteiger partial charge in [0.1, 0.15) is 11.9 Å². The molecule has 0 spiro atoms. The Hall–Kier alpha value is -7.09. The van der Waals surface area contributed by atoms with Gasteiger partial charge in [0.15, 0.2) is 12.7 Å². The molecule has 0 atom stereocenters. The Morgan fingerprint density at radius 3 is 0.871 bits per heavy atom. The van der Waals surface area contributed by atoms with Gasteiger partial charge in [-0.25, -0.2) is 0 Å². The van der Waals surface area contributed by atoms with Crippen LogP contribution in [0.15, 0.2) is 140 Å². The van der Waals surface area contributed by atoms with E-state index in [-0.39, 0.29) is 0 Å². The maximum absolute atomic E-state index is 14.2. The van der Waals surface area contributed by atoms with E-state index in [1.165, 1.54) is 113 Å². The van der Waals surface area contributed by atoms with Gasteiger partial charge in [-0.15, -0.1) is 0 Å². The lowest BCUT2D eigenvalue weighted by molar-refractivity contribution is -0.662. The van der Waals surface area contributed by atoms with Gasteiger partial charge in [-0.1, -0.05) is 164 Å². The van der Waals surface area contributed by atoms with Gasteiger partial charge in [0, 0.05) is 23.1 Å². The number of hydrogen-bond acceptors (Lipinski definition) is 1. The lowest BCUT2D eigenvalue weighted by atomic mass is 9.12. The number of pyridine rings is 1. The molecular weight excluding hydrogens is 1290 g/mol. The summed E-state index contributed by atoms with van der Waals surface area (Å²) in [5, 5.41) is 1.28. The highest BCUT2D eigenvalue weighted by Crippen LogP contribution is 2.42. The maximum atomic E-state index is 14.2. The quantitative estimate of drug-likeness (QED) is 0.0254. The molecule has 93 heavy (non-hydrogen) atoms. The molecule has 0 bridgehead atoms. The second-order valence-corrected chi connectivity index (χ2v) is 22.7. The number of para-hydroxylation sites is 1. The van der Waals surface area contributed by atoms with E-state index in [9.17, 15) is 105 Å². The van der Waals surface area contributed by atoms with E-state index in [4.69, 9.17) is 4.74 Å². The molecule has 0 N–H and O–H groups in total. The predicted molar refractivity (Wildman–Crippen MR) is 305 cm³/mol. The summed E-state index contributed by atoms with van der Waals surface area (Å²) in [6, 6.07) is 12.7. The van der Waals surface area contributed by atoms with Gasteiger partial charge in [0.2, 0.25) is 5.52 Å². The van der Waals surface area contributed by atoms with Gasteiger partial charge in [0.05, 0.1) is 51.1 Å². The van der Waals surface area contributed by atoms with Crippen molar-refractivity contribution < 1.29 is 115 Å². The Morgan fingerprint density at radius 2 is 0.581 bits per heavy atom. The summed E-state index contributed by atoms with van der Waals surface area (Å²) in [6.45, 7) is 4.00. The van der Waals surface area contributed by atoms with Crippen molar-refractivity contribution in [2.45, 2.75) is 166 Å². The first kappa shape index (κ1) is 74.9. The molecule has 0 aliphatic rings. The van der Waals surface area contributed by atoms with E-state index < -0.39 is 195 Å². The Balaban J connectivity index is 0.000000327. The smallest absolute Gasteiger partial charge is 0.416 e. The molecule has 0 aliphatic carbocycles. The van der Waals surface area contributed by atoms with Crippen LogP contribution in [0.2, 0.25) is 0 Å². The SMILES string of the molecule is CCCCCCCCCCCCCCCCCCOc1ccc(C[n+]2cccc3ccccc32)cc1.FC(F)(F)c1cc([B-](c2cc(C(F)(F)F)cc(C(F)(F)F)c2)(c2cc(C(F)(F)F)cc(C(F)(F)F)c2)c2cc(C(F)(F)F)cc(C(F)(F)F)c2)cc(C(F)(F)F)c1. The topological polar surface area (TPSA) is 13.1 Å². The van der Waals surface area contributed by atoms with Crippen molar-refractivity contribution in [3.63, 3.8) is 0 Å². The minimum atomic E-state index is -6.13. The number of hydrogen-bond donors (Lipinski definition) is 0. The number of rotatable bonds is 24. The van der Waals surface area contributed by atoms with Crippen LogP contribution in [0.4, 0.5) is 105 Å². The number of fused-ring (bicyclic) bond motifs is 1. The third kappa shape index (κ3) is 21.0. The predicted octanol–water partition coefficient (Wildman–Crippen LogP) is 21.0. The molecule has 0 fully saturated rings. The summed E-state index contributed by atoms with van der Waals surface area (Å²) in [7, 11) is 0. The van der Waals surface area contributed by atoms with E-state index in [1.54, 1.807) is 0 Å². The largest absolute Gasteiger partial charge is 0.494 e. The Morgan fingerprint density at radius 1 is 0.312 bits per heavy atom. The van der Waals surface area contributed by atoms with Gasteiger partial charge in [-0.3, -0.25) is 0 Å². The van der Waals surface area contributed by atoms with Crippen molar-refractivity contribution >= 4 is 38.9 Å². The molecule has 7 rings (SSSR count). The summed E-state index contributed by atoms with van der Waals surface area (Å²) in [5.41, 5.74) is -27.6. The van der Waals surface area contributed by atoms with Gasteiger partial charge < -0.3 is 4.74 Å². The van der Waals surface area contributed by atoms with Crippen LogP contribution in [0.25, 0.3) is 10.9 Å². The highest BCUT2D eigenvalue weighted by Gasteiger charge is 2.47. The average molecular weight is 1350 g/mol. The number of nitrogens with zero attached hydrogens (tertiary/aromatic N) is 1. The first-order valence-corrected chi connectivity index (χ1v) is 29.6. The fraction of sp³-hybridized carbons (Fsp3) is 0.409. The van der Waals surface area contributed by atoms with Crippen molar-refractivity contribution in [3.8, 4) is 5.75 Å². The van der Waals surface area contributed by atoms with Crippen molar-refractivity contribution in [1.29, 1.82) is 0 Å². The monoisotopic (exact) mass is 1350 g/mol. The van der Waals surface area contributed by atoms with Gasteiger partial charge >= 0.3 is 49.4 Å². The zero-order chi connectivity index (χ0) is 69.0. The molecule has 27 heteroatoms. The summed E-state index contributed by atoms with van der Waals surface area (Å²) in [6.07, 6.45) is -30.2. The molecule has 0 amide bonds. The van der Waals surface area contributed by atoms with Gasteiger partial charge in [0.25, 0.3) is 0 Å². The third-order valence-electron chi connectivity index (χ3n) is 15.8. The van der Waals surface area contributed by atoms with Crippen LogP contribution in [-0.2, 0) is 56.0 Å². The normalized spacial score (nSPS) is 13.1. The molecule has 1 aromatic heterocycles. The van der Waals surface area contributed by atoms with E-state index in [0.717, 1.165) is 25.3 Å². The fourth-order valence-electron chi connectivity index (χ4n) is 11.2. The number of alkyl halides is 24. The van der Waals surface area contributed by atoms with E-state index in [2.05, 4.69) is 78.4 Å². The minimum Gasteiger partial charge on any atom is -0.494 e. The number of ether oxygens (including phenoxy) is 1. The lowest BCUT2D eigenvalue weighted by Crippen LogP contribution is -2.75. The molecule has 0 saturated carbocycles. The van der Waals surface area contributed by atoms with E-state index in [1.807, 2.05) is 0 Å². The second-order valence-electron chi connectivity index (χ2n) is 22.7. The number of unbranched alkanes of at least 4 members (excludes halogenated alkanes) is 15. The number of halogens is 24. The van der Waals surface area contributed by atoms with E-state index >= 15 is 0 Å². The Bertz CT molecular complexity index is 3090. The van der Waals surface area contributed by atoms with Crippen LogP contribution in [0.5, 0.6) is 5.75 Å². The summed E-state index contributed by atoms with van der Waals surface area (Å²) in [4.78, 5) is 0. The molecule has 508 valence electrons. The standard InChI is InChI=1S/C34H50NO.C32H12BF24/c1-2-3-4-5-6-7-8-9-10-11-12-13-14-15-16-19-29-36-33-26-24-31(25-27-33)30-35-28-20-22-32-21-17-18-23-34(32)35;34-25(35,36)13-1-14(26(37,38)39)6-21(5-13)33(22-7-15(27(40,41)42)2-16(8-22)28(43,44)45,23-9-17(29(46,47)48)3-18(10-23)30(49,50)51)24-11-19(31(52,53)54)4-20(12-24)32(55,56)57/h17-18,20-28H,2-16,19,29-30H2,1H3;1-12H/q+1;-1. The highest BCUT2D eigenvalue weighted by molar-refractivity contribution is 7.20. The van der Waals surface area contributed by atoms with Crippen molar-refractivity contribution in [2.75, 3.05) is 6.61 Å². The zero-order valence-electron chi connectivity index (χ0n) is 49.5.